The Labute approximate surface area is 232 Å². The fourth-order valence-corrected chi connectivity index (χ4v) is 6.45. The van der Waals surface area contributed by atoms with Crippen molar-refractivity contribution in [1.82, 2.24) is 4.57 Å². The predicted molar refractivity (Wildman–Crippen MR) is 155 cm³/mol. The van der Waals surface area contributed by atoms with E-state index in [1.807, 2.05) is 37.3 Å². The number of aromatic nitrogens is 1. The van der Waals surface area contributed by atoms with E-state index in [0.717, 1.165) is 36.2 Å². The normalized spacial score (nSPS) is 17.3. The molecule has 7 nitrogen and oxygen atoms in total. The highest BCUT2D eigenvalue weighted by Crippen LogP contribution is 2.36. The Morgan fingerprint density at radius 3 is 2.62 bits per heavy atom. The van der Waals surface area contributed by atoms with Gasteiger partial charge in [-0.3, -0.25) is 9.36 Å². The van der Waals surface area contributed by atoms with Gasteiger partial charge in [0.2, 0.25) is 0 Å². The fraction of sp³-hybridized carbons (Fsp3) is 0.387. The summed E-state index contributed by atoms with van der Waals surface area (Å²) in [6.45, 7) is 8.32. The maximum absolute atomic E-state index is 14.0. The van der Waals surface area contributed by atoms with Gasteiger partial charge in [-0.05, 0) is 68.5 Å². The number of nitrogens with zero attached hydrogens (tertiary/aromatic N) is 3. The second-order valence-corrected chi connectivity index (χ2v) is 10.9. The lowest BCUT2D eigenvalue weighted by molar-refractivity contribution is -0.139. The van der Waals surface area contributed by atoms with Gasteiger partial charge in [0, 0.05) is 24.3 Å². The largest absolute Gasteiger partial charge is 0.496 e. The van der Waals surface area contributed by atoms with Crippen LogP contribution in [0.25, 0.3) is 6.08 Å². The number of aryl methyl sites for hydroxylation is 1. The van der Waals surface area contributed by atoms with Crippen LogP contribution in [0.2, 0.25) is 0 Å². The molecule has 1 aromatic heterocycles. The van der Waals surface area contributed by atoms with Crippen LogP contribution in [0.15, 0.2) is 63.5 Å². The summed E-state index contributed by atoms with van der Waals surface area (Å²) in [7, 11) is 1.60. The van der Waals surface area contributed by atoms with E-state index in [0.29, 0.717) is 32.8 Å². The molecule has 1 atom stereocenters. The Kier molecular flexibility index (Phi) is 8.02. The van der Waals surface area contributed by atoms with Crippen molar-refractivity contribution in [2.24, 2.45) is 4.99 Å². The number of hydrogen-bond donors (Lipinski definition) is 0. The summed E-state index contributed by atoms with van der Waals surface area (Å²) in [4.78, 5) is 35.2. The second kappa shape index (κ2) is 11.6. The van der Waals surface area contributed by atoms with E-state index in [1.165, 1.54) is 29.9 Å². The molecule has 3 heterocycles. The molecule has 204 valence electrons. The number of carbonyl (C=O) groups is 1. The standard InChI is InChI=1S/C31H35N3O4S/c1-5-11-24-27(30(36)38-6-2)28(23-12-7-8-13-25(23)37-4)34-29(35)26(39-31(34)32-24)19-21-14-15-22(18-20(21)3)33-16-9-10-17-33/h7-8,12-15,18-19,28H,5-6,9-11,16-17H2,1-4H3/b26-19+/t28-/m0/s1. The van der Waals surface area contributed by atoms with E-state index < -0.39 is 12.0 Å². The number of hydrogen-bond acceptors (Lipinski definition) is 7. The van der Waals surface area contributed by atoms with Gasteiger partial charge >= 0.3 is 5.97 Å². The van der Waals surface area contributed by atoms with Crippen LogP contribution in [0.4, 0.5) is 5.69 Å². The lowest BCUT2D eigenvalue weighted by Gasteiger charge is -2.26. The molecule has 1 saturated heterocycles. The Balaban J connectivity index is 1.69. The molecule has 0 spiro atoms. The van der Waals surface area contributed by atoms with Gasteiger partial charge in [-0.1, -0.05) is 48.9 Å². The monoisotopic (exact) mass is 545 g/mol. The molecule has 0 saturated carbocycles. The SMILES string of the molecule is CCCC1=C(C(=O)OCC)[C@H](c2ccccc2OC)n2c(s/c(=C/c3ccc(N4CCCC4)cc3C)c2=O)=N1. The second-order valence-electron chi connectivity index (χ2n) is 9.89. The first kappa shape index (κ1) is 26.9. The molecular weight excluding hydrogens is 510 g/mol. The van der Waals surface area contributed by atoms with E-state index in [2.05, 4.69) is 30.0 Å². The topological polar surface area (TPSA) is 73.1 Å². The Morgan fingerprint density at radius 1 is 1.15 bits per heavy atom. The number of anilines is 1. The van der Waals surface area contributed by atoms with E-state index in [4.69, 9.17) is 14.5 Å². The first-order valence-electron chi connectivity index (χ1n) is 13.7. The van der Waals surface area contributed by atoms with Gasteiger partial charge < -0.3 is 14.4 Å². The highest BCUT2D eigenvalue weighted by atomic mass is 32.1. The van der Waals surface area contributed by atoms with E-state index in [1.54, 1.807) is 18.6 Å². The van der Waals surface area contributed by atoms with Gasteiger partial charge in [0.25, 0.3) is 5.56 Å². The van der Waals surface area contributed by atoms with Gasteiger partial charge in [0.05, 0.1) is 29.5 Å². The lowest BCUT2D eigenvalue weighted by Crippen LogP contribution is -2.40. The molecule has 39 heavy (non-hydrogen) atoms. The van der Waals surface area contributed by atoms with Crippen LogP contribution >= 0.6 is 11.3 Å². The Bertz CT molecular complexity index is 1590. The molecule has 0 aliphatic carbocycles. The zero-order chi connectivity index (χ0) is 27.5. The van der Waals surface area contributed by atoms with Crippen LogP contribution in [0.5, 0.6) is 5.75 Å². The van der Waals surface area contributed by atoms with Crippen molar-refractivity contribution >= 4 is 29.1 Å². The van der Waals surface area contributed by atoms with Crippen molar-refractivity contribution in [2.45, 2.75) is 52.5 Å². The van der Waals surface area contributed by atoms with Crippen LogP contribution in [0.1, 0.15) is 62.3 Å². The smallest absolute Gasteiger partial charge is 0.338 e. The minimum absolute atomic E-state index is 0.185. The molecule has 2 aromatic carbocycles. The number of allylic oxidation sites excluding steroid dienone is 1. The van der Waals surface area contributed by atoms with Crippen LogP contribution in [0, 0.1) is 6.92 Å². The molecule has 5 rings (SSSR count). The average molecular weight is 546 g/mol. The summed E-state index contributed by atoms with van der Waals surface area (Å²) in [5, 5.41) is 0. The summed E-state index contributed by atoms with van der Waals surface area (Å²) >= 11 is 1.35. The molecule has 0 unspecified atom stereocenters. The van der Waals surface area contributed by atoms with E-state index >= 15 is 0 Å². The quantitative estimate of drug-likeness (QED) is 0.390. The highest BCUT2D eigenvalue weighted by Gasteiger charge is 2.35. The predicted octanol–water partition coefficient (Wildman–Crippen LogP) is 4.50. The molecule has 8 heteroatoms. The molecular formula is C31H35N3O4S. The van der Waals surface area contributed by atoms with Crippen molar-refractivity contribution < 1.29 is 14.3 Å². The van der Waals surface area contributed by atoms with Crippen molar-refractivity contribution in [1.29, 1.82) is 0 Å². The number of methoxy groups -OCH3 is 1. The van der Waals surface area contributed by atoms with Crippen LogP contribution in [0.3, 0.4) is 0 Å². The molecule has 3 aromatic rings. The minimum Gasteiger partial charge on any atom is -0.496 e. The molecule has 0 bridgehead atoms. The third-order valence-corrected chi connectivity index (χ3v) is 8.32. The molecule has 0 radical (unpaired) electrons. The number of thiazole rings is 1. The van der Waals surface area contributed by atoms with E-state index in [9.17, 15) is 9.59 Å². The lowest BCUT2D eigenvalue weighted by atomic mass is 9.93. The van der Waals surface area contributed by atoms with Gasteiger partial charge in [-0.25, -0.2) is 9.79 Å². The zero-order valence-corrected chi connectivity index (χ0v) is 23.8. The van der Waals surface area contributed by atoms with Crippen molar-refractivity contribution in [3.05, 3.63) is 90.1 Å². The number of benzene rings is 2. The number of fused-ring (bicyclic) bond motifs is 1. The Morgan fingerprint density at radius 2 is 1.92 bits per heavy atom. The van der Waals surface area contributed by atoms with Crippen molar-refractivity contribution in [3.8, 4) is 5.75 Å². The number of esters is 1. The van der Waals surface area contributed by atoms with Gasteiger partial charge in [-0.15, -0.1) is 0 Å². The molecule has 0 amide bonds. The third-order valence-electron chi connectivity index (χ3n) is 7.34. The van der Waals surface area contributed by atoms with Crippen LogP contribution < -0.4 is 24.5 Å². The van der Waals surface area contributed by atoms with Crippen LogP contribution in [-0.2, 0) is 9.53 Å². The van der Waals surface area contributed by atoms with Crippen LogP contribution in [-0.4, -0.2) is 37.3 Å². The average Bonchev–Trinajstić information content (AvgIpc) is 3.58. The molecule has 1 fully saturated rings. The number of ether oxygens (including phenoxy) is 2. The summed E-state index contributed by atoms with van der Waals surface area (Å²) in [5.74, 6) is 0.146. The Hall–Kier alpha value is -3.65. The van der Waals surface area contributed by atoms with Crippen molar-refractivity contribution in [3.63, 3.8) is 0 Å². The number of para-hydroxylation sites is 1. The highest BCUT2D eigenvalue weighted by molar-refractivity contribution is 7.07. The summed E-state index contributed by atoms with van der Waals surface area (Å²) in [5.41, 5.74) is 4.93. The number of rotatable bonds is 8. The third kappa shape index (κ3) is 5.17. The van der Waals surface area contributed by atoms with Crippen molar-refractivity contribution in [2.75, 3.05) is 31.7 Å². The summed E-state index contributed by atoms with van der Waals surface area (Å²) in [6, 6.07) is 13.2. The maximum Gasteiger partial charge on any atom is 0.338 e. The summed E-state index contributed by atoms with van der Waals surface area (Å²) < 4.78 is 13.4. The van der Waals surface area contributed by atoms with Gasteiger partial charge in [0.1, 0.15) is 11.8 Å². The maximum atomic E-state index is 14.0. The first-order valence-corrected chi connectivity index (χ1v) is 14.5. The molecule has 2 aliphatic heterocycles. The molecule has 0 N–H and O–H groups in total. The van der Waals surface area contributed by atoms with E-state index in [-0.39, 0.29) is 12.2 Å². The minimum atomic E-state index is -0.696. The van der Waals surface area contributed by atoms with Gasteiger partial charge in [-0.2, -0.15) is 0 Å². The summed E-state index contributed by atoms with van der Waals surface area (Å²) in [6.07, 6.45) is 5.80. The first-order chi connectivity index (χ1) is 19.0. The van der Waals surface area contributed by atoms with Gasteiger partial charge in [0.15, 0.2) is 4.80 Å². The zero-order valence-electron chi connectivity index (χ0n) is 23.0. The fourth-order valence-electron chi connectivity index (χ4n) is 5.44. The number of carbonyl (C=O) groups excluding carboxylic acids is 1. The molecule has 2 aliphatic rings.